The minimum atomic E-state index is -0.338. The number of thiazole rings is 1. The third kappa shape index (κ3) is 5.51. The van der Waals surface area contributed by atoms with Crippen LogP contribution in [0.5, 0.6) is 0 Å². The van der Waals surface area contributed by atoms with Crippen molar-refractivity contribution in [2.24, 2.45) is 0 Å². The molecule has 0 saturated carbocycles. The number of aryl methyl sites for hydroxylation is 1. The molecule has 2 aromatic heterocycles. The number of hydrogen-bond acceptors (Lipinski definition) is 4. The Kier molecular flexibility index (Phi) is 7.46. The first kappa shape index (κ1) is 24.6. The molecule has 0 atom stereocenters. The van der Waals surface area contributed by atoms with Crippen LogP contribution in [0.4, 0.5) is 4.39 Å². The van der Waals surface area contributed by atoms with Gasteiger partial charge in [-0.05, 0) is 55.3 Å². The van der Waals surface area contributed by atoms with E-state index in [1.807, 2.05) is 53.1 Å². The minimum absolute atomic E-state index is 0.118. The molecule has 0 fully saturated rings. The van der Waals surface area contributed by atoms with Crippen molar-refractivity contribution >= 4 is 55.8 Å². The van der Waals surface area contributed by atoms with Gasteiger partial charge in [0.2, 0.25) is 5.91 Å². The molecular formula is C27H21BrClFN4OS. The van der Waals surface area contributed by atoms with Gasteiger partial charge < -0.3 is 5.32 Å². The summed E-state index contributed by atoms with van der Waals surface area (Å²) in [5.74, 6) is -0.455. The molecule has 0 aliphatic heterocycles. The van der Waals surface area contributed by atoms with E-state index in [1.54, 1.807) is 29.8 Å². The van der Waals surface area contributed by atoms with Crippen molar-refractivity contribution in [2.75, 3.05) is 0 Å². The lowest BCUT2D eigenvalue weighted by atomic mass is 10.1. The topological polar surface area (TPSA) is 59.8 Å². The Labute approximate surface area is 225 Å². The molecule has 1 amide bonds. The summed E-state index contributed by atoms with van der Waals surface area (Å²) in [4.78, 5) is 23.0. The largest absolute Gasteiger partial charge is 0.352 e. The van der Waals surface area contributed by atoms with Crippen LogP contribution < -0.4 is 5.32 Å². The highest BCUT2D eigenvalue weighted by Crippen LogP contribution is 2.33. The van der Waals surface area contributed by atoms with Gasteiger partial charge in [0.1, 0.15) is 12.1 Å². The van der Waals surface area contributed by atoms with E-state index in [-0.39, 0.29) is 18.3 Å². The van der Waals surface area contributed by atoms with Crippen molar-refractivity contribution < 1.29 is 9.18 Å². The average molecular weight is 584 g/mol. The predicted octanol–water partition coefficient (Wildman–Crippen LogP) is 7.34. The summed E-state index contributed by atoms with van der Waals surface area (Å²) < 4.78 is 16.7. The Bertz CT molecular complexity index is 1530. The molecule has 3 aromatic carbocycles. The number of fused-ring (bicyclic) bond motifs is 1. The van der Waals surface area contributed by atoms with Crippen molar-refractivity contribution in [3.8, 4) is 16.4 Å². The number of para-hydroxylation sites is 2. The molecule has 182 valence electrons. The van der Waals surface area contributed by atoms with Crippen molar-refractivity contribution in [2.45, 2.75) is 25.8 Å². The third-order valence-electron chi connectivity index (χ3n) is 5.75. The number of hydrogen-bond donors (Lipinski definition) is 1. The van der Waals surface area contributed by atoms with E-state index in [4.69, 9.17) is 16.6 Å². The summed E-state index contributed by atoms with van der Waals surface area (Å²) in [6.45, 7) is 0.151. The van der Waals surface area contributed by atoms with E-state index in [9.17, 15) is 9.18 Å². The zero-order valence-electron chi connectivity index (χ0n) is 19.0. The van der Waals surface area contributed by atoms with Crippen molar-refractivity contribution in [3.05, 3.63) is 98.8 Å². The second kappa shape index (κ2) is 10.9. The summed E-state index contributed by atoms with van der Waals surface area (Å²) in [6, 6.07) is 20.2. The SMILES string of the molecule is O=C(CCCc1sc(-n2cnc3ccccc32)nc1-c1ccc(Cl)cc1)NCc1cc(Br)ccc1F. The van der Waals surface area contributed by atoms with Crippen molar-refractivity contribution in [1.29, 1.82) is 0 Å². The lowest BCUT2D eigenvalue weighted by molar-refractivity contribution is -0.121. The quantitative estimate of drug-likeness (QED) is 0.208. The number of imidazole rings is 1. The highest BCUT2D eigenvalue weighted by atomic mass is 79.9. The maximum absolute atomic E-state index is 13.9. The van der Waals surface area contributed by atoms with Gasteiger partial charge >= 0.3 is 0 Å². The van der Waals surface area contributed by atoms with Crippen LogP contribution in [0.3, 0.4) is 0 Å². The molecule has 5 aromatic rings. The summed E-state index contributed by atoms with van der Waals surface area (Å²) >= 11 is 11.0. The molecule has 1 N–H and O–H groups in total. The molecule has 0 bridgehead atoms. The molecule has 2 heterocycles. The van der Waals surface area contributed by atoms with Crippen LogP contribution in [0, 0.1) is 5.82 Å². The molecule has 0 radical (unpaired) electrons. The van der Waals surface area contributed by atoms with Crippen LogP contribution in [0.25, 0.3) is 27.4 Å². The number of benzene rings is 3. The Balaban J connectivity index is 1.32. The monoisotopic (exact) mass is 582 g/mol. The molecule has 0 saturated heterocycles. The van der Waals surface area contributed by atoms with E-state index in [1.165, 1.54) is 6.07 Å². The number of nitrogens with zero attached hydrogens (tertiary/aromatic N) is 3. The maximum atomic E-state index is 13.9. The standard InChI is InChI=1S/C27H21BrClFN4OS/c28-19-10-13-21(30)18(14-19)15-31-25(35)7-3-6-24-26(17-8-11-20(29)12-9-17)33-27(36-24)34-16-32-22-4-1-2-5-23(22)34/h1-2,4-5,8-14,16H,3,6-7,15H2,(H,31,35). The number of amides is 1. The maximum Gasteiger partial charge on any atom is 0.220 e. The van der Waals surface area contributed by atoms with Gasteiger partial charge in [0.25, 0.3) is 0 Å². The lowest BCUT2D eigenvalue weighted by Crippen LogP contribution is -2.23. The highest BCUT2D eigenvalue weighted by Gasteiger charge is 2.17. The molecule has 5 rings (SSSR count). The van der Waals surface area contributed by atoms with E-state index >= 15 is 0 Å². The number of rotatable bonds is 8. The molecule has 5 nitrogen and oxygen atoms in total. The first-order valence-corrected chi connectivity index (χ1v) is 13.4. The van der Waals surface area contributed by atoms with Gasteiger partial charge in [-0.3, -0.25) is 9.36 Å². The van der Waals surface area contributed by atoms with Gasteiger partial charge in [0.15, 0.2) is 5.13 Å². The van der Waals surface area contributed by atoms with Gasteiger partial charge in [0, 0.05) is 38.5 Å². The van der Waals surface area contributed by atoms with Gasteiger partial charge in [-0.15, -0.1) is 11.3 Å². The van der Waals surface area contributed by atoms with E-state index in [0.29, 0.717) is 29.8 Å². The van der Waals surface area contributed by atoms with E-state index < -0.39 is 0 Å². The van der Waals surface area contributed by atoms with Crippen molar-refractivity contribution in [3.63, 3.8) is 0 Å². The van der Waals surface area contributed by atoms with E-state index in [0.717, 1.165) is 36.8 Å². The van der Waals surface area contributed by atoms with Crippen LogP contribution in [0.1, 0.15) is 23.3 Å². The Morgan fingerprint density at radius 2 is 1.92 bits per heavy atom. The fourth-order valence-corrected chi connectivity index (χ4v) is 5.57. The zero-order chi connectivity index (χ0) is 25.1. The molecule has 0 aliphatic rings. The van der Waals surface area contributed by atoms with Crippen LogP contribution in [0.15, 0.2) is 77.5 Å². The summed E-state index contributed by atoms with van der Waals surface area (Å²) in [5, 5.41) is 4.29. The number of halogens is 3. The van der Waals surface area contributed by atoms with E-state index in [2.05, 4.69) is 26.2 Å². The molecule has 9 heteroatoms. The number of carbonyl (C=O) groups excluding carboxylic acids is 1. The Hall–Kier alpha value is -3.07. The predicted molar refractivity (Wildman–Crippen MR) is 146 cm³/mol. The first-order valence-electron chi connectivity index (χ1n) is 11.4. The van der Waals surface area contributed by atoms with Crippen LogP contribution >= 0.6 is 38.9 Å². The normalized spacial score (nSPS) is 11.2. The smallest absolute Gasteiger partial charge is 0.220 e. The molecule has 0 spiro atoms. The zero-order valence-corrected chi connectivity index (χ0v) is 22.2. The Morgan fingerprint density at radius 1 is 1.11 bits per heavy atom. The van der Waals surface area contributed by atoms with Gasteiger partial charge in [-0.25, -0.2) is 14.4 Å². The average Bonchev–Trinajstić information content (AvgIpc) is 3.49. The van der Waals surface area contributed by atoms with Gasteiger partial charge in [0.05, 0.1) is 16.7 Å². The molecule has 36 heavy (non-hydrogen) atoms. The highest BCUT2D eigenvalue weighted by molar-refractivity contribution is 9.10. The lowest BCUT2D eigenvalue weighted by Gasteiger charge is -2.07. The Morgan fingerprint density at radius 3 is 2.75 bits per heavy atom. The number of aromatic nitrogens is 3. The summed E-state index contributed by atoms with van der Waals surface area (Å²) in [7, 11) is 0. The third-order valence-corrected chi connectivity index (χ3v) is 7.61. The summed E-state index contributed by atoms with van der Waals surface area (Å²) in [5.41, 5.74) is 4.18. The molecule has 0 aliphatic carbocycles. The van der Waals surface area contributed by atoms with Gasteiger partial charge in [-0.1, -0.05) is 51.8 Å². The number of nitrogens with one attached hydrogen (secondary N) is 1. The second-order valence-corrected chi connectivity index (χ2v) is 10.7. The first-order chi connectivity index (χ1) is 17.5. The molecular weight excluding hydrogens is 563 g/mol. The van der Waals surface area contributed by atoms with Gasteiger partial charge in [-0.2, -0.15) is 0 Å². The van der Waals surface area contributed by atoms with Crippen molar-refractivity contribution in [1.82, 2.24) is 19.9 Å². The molecule has 0 unspecified atom stereocenters. The fraction of sp³-hybridized carbons (Fsp3) is 0.148. The fourth-order valence-electron chi connectivity index (χ4n) is 3.93. The minimum Gasteiger partial charge on any atom is -0.352 e. The second-order valence-electron chi connectivity index (χ2n) is 8.24. The number of carbonyl (C=O) groups is 1. The van der Waals surface area contributed by atoms with Crippen LogP contribution in [-0.2, 0) is 17.8 Å². The van der Waals surface area contributed by atoms with Crippen LogP contribution in [-0.4, -0.2) is 20.4 Å². The summed E-state index contributed by atoms with van der Waals surface area (Å²) in [6.07, 6.45) is 3.44. The van der Waals surface area contributed by atoms with Crippen LogP contribution in [0.2, 0.25) is 5.02 Å².